The Morgan fingerprint density at radius 3 is 2.67 bits per heavy atom. The lowest BCUT2D eigenvalue weighted by Gasteiger charge is -2.26. The van der Waals surface area contributed by atoms with Crippen LogP contribution in [-0.4, -0.2) is 11.1 Å². The summed E-state index contributed by atoms with van der Waals surface area (Å²) in [5, 5.41) is 9.06. The molecule has 0 aliphatic heterocycles. The average Bonchev–Trinajstić information content (AvgIpc) is 2.48. The van der Waals surface area contributed by atoms with Crippen LogP contribution in [0, 0.1) is 5.92 Å². The van der Waals surface area contributed by atoms with E-state index in [1.54, 1.807) is 0 Å². The van der Waals surface area contributed by atoms with E-state index in [-0.39, 0.29) is 12.3 Å². The van der Waals surface area contributed by atoms with Crippen LogP contribution in [0.2, 0.25) is 0 Å². The Morgan fingerprint density at radius 2 is 1.90 bits per heavy atom. The van der Waals surface area contributed by atoms with Crippen molar-refractivity contribution in [3.05, 3.63) is 34.9 Å². The Hall–Kier alpha value is -1.31. The van der Waals surface area contributed by atoms with Crippen LogP contribution in [0.3, 0.4) is 0 Å². The molecule has 1 atom stereocenters. The van der Waals surface area contributed by atoms with Crippen LogP contribution in [-0.2, 0) is 17.6 Å². The first-order valence-electron chi connectivity index (χ1n) is 8.56. The van der Waals surface area contributed by atoms with Gasteiger partial charge in [-0.3, -0.25) is 4.79 Å². The molecule has 0 bridgehead atoms. The van der Waals surface area contributed by atoms with Gasteiger partial charge in [-0.25, -0.2) is 0 Å². The molecule has 21 heavy (non-hydrogen) atoms. The maximum atomic E-state index is 11.0. The third-order valence-electron chi connectivity index (χ3n) is 5.32. The minimum Gasteiger partial charge on any atom is -0.481 e. The van der Waals surface area contributed by atoms with Gasteiger partial charge in [-0.1, -0.05) is 50.3 Å². The lowest BCUT2D eigenvalue weighted by Crippen LogP contribution is -2.15. The summed E-state index contributed by atoms with van der Waals surface area (Å²) in [4.78, 5) is 11.0. The summed E-state index contributed by atoms with van der Waals surface area (Å²) in [5.41, 5.74) is 4.19. The molecule has 0 spiro atoms. The highest BCUT2D eigenvalue weighted by Crippen LogP contribution is 2.35. The third kappa shape index (κ3) is 3.66. The minimum absolute atomic E-state index is 0.231. The molecule has 2 aliphatic carbocycles. The van der Waals surface area contributed by atoms with Gasteiger partial charge >= 0.3 is 5.97 Å². The van der Waals surface area contributed by atoms with Crippen molar-refractivity contribution in [2.45, 2.75) is 70.1 Å². The number of hydrogen-bond donors (Lipinski definition) is 1. The zero-order chi connectivity index (χ0) is 14.7. The van der Waals surface area contributed by atoms with E-state index in [1.807, 2.05) is 0 Å². The number of benzene rings is 1. The Labute approximate surface area is 127 Å². The van der Waals surface area contributed by atoms with E-state index < -0.39 is 5.97 Å². The molecular formula is C19H26O2. The van der Waals surface area contributed by atoms with Gasteiger partial charge in [0.1, 0.15) is 0 Å². The highest BCUT2D eigenvalue weighted by molar-refractivity contribution is 5.68. The molecule has 0 aromatic heterocycles. The number of carboxylic acids is 1. The fourth-order valence-electron chi connectivity index (χ4n) is 4.24. The lowest BCUT2D eigenvalue weighted by molar-refractivity contribution is -0.137. The number of carbonyl (C=O) groups is 1. The molecule has 1 fully saturated rings. The van der Waals surface area contributed by atoms with Crippen molar-refractivity contribution in [1.29, 1.82) is 0 Å². The van der Waals surface area contributed by atoms with E-state index in [0.29, 0.717) is 0 Å². The Bertz CT molecular complexity index is 500. The Balaban J connectivity index is 1.72. The number of fused-ring (bicyclic) bond motifs is 1. The highest BCUT2D eigenvalue weighted by Gasteiger charge is 2.23. The van der Waals surface area contributed by atoms with Gasteiger partial charge in [-0.05, 0) is 54.2 Å². The van der Waals surface area contributed by atoms with Crippen molar-refractivity contribution in [2.24, 2.45) is 5.92 Å². The van der Waals surface area contributed by atoms with Gasteiger partial charge in [0, 0.05) is 0 Å². The van der Waals surface area contributed by atoms with Crippen molar-refractivity contribution in [3.8, 4) is 0 Å². The predicted molar refractivity (Wildman–Crippen MR) is 84.7 cm³/mol. The molecule has 0 saturated heterocycles. The Kier molecular flexibility index (Phi) is 4.62. The second kappa shape index (κ2) is 6.64. The van der Waals surface area contributed by atoms with E-state index in [4.69, 9.17) is 5.11 Å². The number of carboxylic acid groups (broad SMARTS) is 1. The quantitative estimate of drug-likeness (QED) is 0.870. The smallest absolute Gasteiger partial charge is 0.303 e. The number of aryl methyl sites for hydroxylation is 1. The first kappa shape index (κ1) is 14.6. The number of rotatable bonds is 4. The van der Waals surface area contributed by atoms with Crippen molar-refractivity contribution >= 4 is 5.97 Å². The lowest BCUT2D eigenvalue weighted by atomic mass is 9.79. The molecular weight excluding hydrogens is 260 g/mol. The van der Waals surface area contributed by atoms with Crippen LogP contribution in [0.4, 0.5) is 0 Å². The van der Waals surface area contributed by atoms with E-state index in [2.05, 4.69) is 18.2 Å². The minimum atomic E-state index is -0.667. The first-order chi connectivity index (χ1) is 10.2. The van der Waals surface area contributed by atoms with E-state index in [9.17, 15) is 4.79 Å². The molecule has 3 rings (SSSR count). The number of aliphatic carboxylic acids is 1. The normalized spacial score (nSPS) is 22.8. The molecule has 1 aromatic rings. The fraction of sp³-hybridized carbons (Fsp3) is 0.632. The fourth-order valence-corrected chi connectivity index (χ4v) is 4.24. The summed E-state index contributed by atoms with van der Waals surface area (Å²) in [6.07, 6.45) is 11.8. The highest BCUT2D eigenvalue weighted by atomic mass is 16.4. The zero-order valence-corrected chi connectivity index (χ0v) is 12.8. The predicted octanol–water partition coefficient (Wildman–Crippen LogP) is 4.70. The zero-order valence-electron chi connectivity index (χ0n) is 12.8. The molecule has 1 saturated carbocycles. The monoisotopic (exact) mass is 286 g/mol. The SMILES string of the molecule is O=C(O)CC1CCCc2cc(CC3CCCCC3)ccc21. The summed E-state index contributed by atoms with van der Waals surface area (Å²) < 4.78 is 0. The molecule has 0 radical (unpaired) electrons. The average molecular weight is 286 g/mol. The molecule has 2 heteroatoms. The van der Waals surface area contributed by atoms with Crippen LogP contribution >= 0.6 is 0 Å². The molecule has 1 unspecified atom stereocenters. The van der Waals surface area contributed by atoms with Gasteiger partial charge in [0.25, 0.3) is 0 Å². The molecule has 2 nitrogen and oxygen atoms in total. The van der Waals surface area contributed by atoms with Gasteiger partial charge in [-0.2, -0.15) is 0 Å². The van der Waals surface area contributed by atoms with Crippen molar-refractivity contribution < 1.29 is 9.90 Å². The van der Waals surface area contributed by atoms with Gasteiger partial charge in [0.2, 0.25) is 0 Å². The van der Waals surface area contributed by atoms with E-state index in [1.165, 1.54) is 55.2 Å². The summed E-state index contributed by atoms with van der Waals surface area (Å²) in [6, 6.07) is 6.85. The van der Waals surface area contributed by atoms with Crippen LogP contribution in [0.25, 0.3) is 0 Å². The van der Waals surface area contributed by atoms with Crippen molar-refractivity contribution in [3.63, 3.8) is 0 Å². The molecule has 114 valence electrons. The number of hydrogen-bond acceptors (Lipinski definition) is 1. The summed E-state index contributed by atoms with van der Waals surface area (Å²) in [6.45, 7) is 0. The Morgan fingerprint density at radius 1 is 1.10 bits per heavy atom. The van der Waals surface area contributed by atoms with Crippen LogP contribution < -0.4 is 0 Å². The second-order valence-electron chi connectivity index (χ2n) is 6.93. The molecule has 2 aliphatic rings. The molecule has 0 heterocycles. The molecule has 1 N–H and O–H groups in total. The van der Waals surface area contributed by atoms with Crippen LogP contribution in [0.5, 0.6) is 0 Å². The first-order valence-corrected chi connectivity index (χ1v) is 8.56. The van der Waals surface area contributed by atoms with Crippen LogP contribution in [0.15, 0.2) is 18.2 Å². The molecule has 1 aromatic carbocycles. The van der Waals surface area contributed by atoms with Crippen molar-refractivity contribution in [1.82, 2.24) is 0 Å². The maximum absolute atomic E-state index is 11.0. The summed E-state index contributed by atoms with van der Waals surface area (Å²) >= 11 is 0. The summed E-state index contributed by atoms with van der Waals surface area (Å²) in [5.74, 6) is 0.435. The second-order valence-corrected chi connectivity index (χ2v) is 6.93. The van der Waals surface area contributed by atoms with E-state index >= 15 is 0 Å². The standard InChI is InChI=1S/C19H26O2/c20-19(21)13-17-8-4-7-16-12-15(9-10-18(16)17)11-14-5-2-1-3-6-14/h9-10,12,14,17H,1-8,11,13H2,(H,20,21). The third-order valence-corrected chi connectivity index (χ3v) is 5.32. The van der Waals surface area contributed by atoms with Gasteiger partial charge in [0.05, 0.1) is 6.42 Å². The van der Waals surface area contributed by atoms with E-state index in [0.717, 1.165) is 25.2 Å². The maximum Gasteiger partial charge on any atom is 0.303 e. The molecule has 0 amide bonds. The van der Waals surface area contributed by atoms with Crippen LogP contribution in [0.1, 0.15) is 74.0 Å². The van der Waals surface area contributed by atoms with Gasteiger partial charge in [-0.15, -0.1) is 0 Å². The topological polar surface area (TPSA) is 37.3 Å². The summed E-state index contributed by atoms with van der Waals surface area (Å²) in [7, 11) is 0. The largest absolute Gasteiger partial charge is 0.481 e. The van der Waals surface area contributed by atoms with Gasteiger partial charge < -0.3 is 5.11 Å². The van der Waals surface area contributed by atoms with Crippen molar-refractivity contribution in [2.75, 3.05) is 0 Å². The van der Waals surface area contributed by atoms with Gasteiger partial charge in [0.15, 0.2) is 0 Å².